The van der Waals surface area contributed by atoms with Crippen molar-refractivity contribution in [2.75, 3.05) is 37.4 Å². The molecule has 2 aromatic rings. The maximum absolute atomic E-state index is 12.9. The van der Waals surface area contributed by atoms with Crippen molar-refractivity contribution in [3.8, 4) is 0 Å². The van der Waals surface area contributed by atoms with E-state index in [1.807, 2.05) is 18.2 Å². The largest absolute Gasteiger partial charge is 0.379 e. The number of hydrogen-bond donors (Lipinski definition) is 1. The van der Waals surface area contributed by atoms with Crippen molar-refractivity contribution in [1.82, 2.24) is 4.31 Å². The molecule has 1 aliphatic rings. The van der Waals surface area contributed by atoms with Gasteiger partial charge in [0.1, 0.15) is 0 Å². The Morgan fingerprint density at radius 1 is 1.21 bits per heavy atom. The lowest BCUT2D eigenvalue weighted by Gasteiger charge is -2.26. The third-order valence-corrected chi connectivity index (χ3v) is 7.81. The minimum absolute atomic E-state index is 0.170. The highest BCUT2D eigenvalue weighted by Crippen LogP contribution is 2.27. The Balaban J connectivity index is 1.70. The number of halogens is 1. The molecule has 28 heavy (non-hydrogen) atoms. The van der Waals surface area contributed by atoms with Crippen molar-refractivity contribution in [2.45, 2.75) is 16.7 Å². The molecule has 9 heteroatoms. The van der Waals surface area contributed by atoms with Gasteiger partial charge < -0.3 is 10.1 Å². The van der Waals surface area contributed by atoms with Gasteiger partial charge in [-0.15, -0.1) is 11.8 Å². The van der Waals surface area contributed by atoms with E-state index >= 15 is 0 Å². The number of morpholine rings is 1. The fourth-order valence-corrected chi connectivity index (χ4v) is 5.48. The quantitative estimate of drug-likeness (QED) is 0.697. The van der Waals surface area contributed by atoms with Gasteiger partial charge in [-0.2, -0.15) is 4.31 Å². The zero-order valence-corrected chi connectivity index (χ0v) is 17.7. The summed E-state index contributed by atoms with van der Waals surface area (Å²) in [6.07, 6.45) is 0. The standard InChI is InChI=1S/C19H21ClN2O4S2/c1-14-6-7-15(12-18(14)28(24,25)22-8-10-26-11-9-22)21-19(23)13-27-17-5-3-2-4-16(17)20/h2-7,12H,8-11,13H2,1H3,(H,21,23). The van der Waals surface area contributed by atoms with Gasteiger partial charge in [-0.25, -0.2) is 8.42 Å². The third kappa shape index (κ3) is 5.07. The minimum atomic E-state index is -3.63. The van der Waals surface area contributed by atoms with Crippen LogP contribution in [0, 0.1) is 6.92 Å². The number of ether oxygens (including phenoxy) is 1. The van der Waals surface area contributed by atoms with Crippen LogP contribution < -0.4 is 5.32 Å². The lowest BCUT2D eigenvalue weighted by molar-refractivity contribution is -0.113. The van der Waals surface area contributed by atoms with E-state index in [2.05, 4.69) is 5.32 Å². The first kappa shape index (κ1) is 21.1. The van der Waals surface area contributed by atoms with Crippen LogP contribution in [0.4, 0.5) is 5.69 Å². The smallest absolute Gasteiger partial charge is 0.243 e. The number of rotatable bonds is 6. The first-order chi connectivity index (χ1) is 13.4. The van der Waals surface area contributed by atoms with Crippen LogP contribution in [0.25, 0.3) is 0 Å². The van der Waals surface area contributed by atoms with Gasteiger partial charge in [0, 0.05) is 23.7 Å². The van der Waals surface area contributed by atoms with E-state index in [9.17, 15) is 13.2 Å². The van der Waals surface area contributed by atoms with Gasteiger partial charge in [-0.3, -0.25) is 4.79 Å². The Labute approximate surface area is 174 Å². The number of carbonyl (C=O) groups excluding carboxylic acids is 1. The van der Waals surface area contributed by atoms with E-state index < -0.39 is 10.0 Å². The molecule has 1 amide bonds. The Morgan fingerprint density at radius 3 is 2.64 bits per heavy atom. The second-order valence-electron chi connectivity index (χ2n) is 6.26. The predicted molar refractivity (Wildman–Crippen MR) is 112 cm³/mol. The average Bonchev–Trinajstić information content (AvgIpc) is 2.69. The van der Waals surface area contributed by atoms with Crippen molar-refractivity contribution in [3.05, 3.63) is 53.1 Å². The van der Waals surface area contributed by atoms with Crippen LogP contribution in [0.3, 0.4) is 0 Å². The molecule has 0 bridgehead atoms. The topological polar surface area (TPSA) is 75.7 Å². The lowest BCUT2D eigenvalue weighted by atomic mass is 10.2. The molecule has 1 heterocycles. The van der Waals surface area contributed by atoms with Crippen LogP contribution >= 0.6 is 23.4 Å². The summed E-state index contributed by atoms with van der Waals surface area (Å²) in [6, 6.07) is 12.2. The van der Waals surface area contributed by atoms with Crippen LogP contribution in [0.2, 0.25) is 5.02 Å². The van der Waals surface area contributed by atoms with Crippen molar-refractivity contribution < 1.29 is 17.9 Å². The van der Waals surface area contributed by atoms with E-state index in [0.29, 0.717) is 42.6 Å². The van der Waals surface area contributed by atoms with E-state index in [0.717, 1.165) is 4.90 Å². The van der Waals surface area contributed by atoms with Gasteiger partial charge >= 0.3 is 0 Å². The normalized spacial score (nSPS) is 15.4. The molecular weight excluding hydrogens is 420 g/mol. The molecule has 0 aromatic heterocycles. The molecule has 0 unspecified atom stereocenters. The first-order valence-corrected chi connectivity index (χ1v) is 11.5. The van der Waals surface area contributed by atoms with Crippen LogP contribution in [-0.2, 0) is 19.6 Å². The molecule has 1 aliphatic heterocycles. The summed E-state index contributed by atoms with van der Waals surface area (Å²) in [6.45, 7) is 3.16. The van der Waals surface area contributed by atoms with Gasteiger partial charge in [-0.05, 0) is 36.8 Å². The van der Waals surface area contributed by atoms with E-state index in [1.54, 1.807) is 25.1 Å². The molecule has 3 rings (SSSR count). The van der Waals surface area contributed by atoms with Crippen molar-refractivity contribution in [3.63, 3.8) is 0 Å². The minimum Gasteiger partial charge on any atom is -0.379 e. The Hall–Kier alpha value is -1.58. The molecule has 1 fully saturated rings. The second-order valence-corrected chi connectivity index (χ2v) is 9.59. The maximum atomic E-state index is 12.9. The number of thioether (sulfide) groups is 1. The number of amides is 1. The average molecular weight is 441 g/mol. The summed E-state index contributed by atoms with van der Waals surface area (Å²) in [5.74, 6) is -0.0631. The zero-order chi connectivity index (χ0) is 20.1. The number of anilines is 1. The van der Waals surface area contributed by atoms with Crippen LogP contribution in [0.5, 0.6) is 0 Å². The Morgan fingerprint density at radius 2 is 1.93 bits per heavy atom. The monoisotopic (exact) mass is 440 g/mol. The third-order valence-electron chi connectivity index (χ3n) is 4.26. The SMILES string of the molecule is Cc1ccc(NC(=O)CSc2ccccc2Cl)cc1S(=O)(=O)N1CCOCC1. The summed E-state index contributed by atoms with van der Waals surface area (Å²) in [5.41, 5.74) is 1.08. The van der Waals surface area contributed by atoms with Crippen LogP contribution in [0.1, 0.15) is 5.56 Å². The number of carbonyl (C=O) groups is 1. The van der Waals surface area contributed by atoms with Gasteiger partial charge in [0.2, 0.25) is 15.9 Å². The molecule has 0 saturated carbocycles. The number of nitrogens with zero attached hydrogens (tertiary/aromatic N) is 1. The molecule has 2 aromatic carbocycles. The predicted octanol–water partition coefficient (Wildman–Crippen LogP) is 3.40. The molecule has 0 radical (unpaired) electrons. The lowest BCUT2D eigenvalue weighted by Crippen LogP contribution is -2.40. The summed E-state index contributed by atoms with van der Waals surface area (Å²) < 4.78 is 32.5. The molecule has 0 atom stereocenters. The summed E-state index contributed by atoms with van der Waals surface area (Å²) in [7, 11) is -3.63. The van der Waals surface area contributed by atoms with E-state index in [1.165, 1.54) is 22.1 Å². The molecule has 1 saturated heterocycles. The highest BCUT2D eigenvalue weighted by atomic mass is 35.5. The van der Waals surface area contributed by atoms with Crippen molar-refractivity contribution >= 4 is 45.0 Å². The highest BCUT2D eigenvalue weighted by molar-refractivity contribution is 8.00. The van der Waals surface area contributed by atoms with Gasteiger partial charge in [0.25, 0.3) is 0 Å². The fourth-order valence-electron chi connectivity index (χ4n) is 2.78. The number of benzene rings is 2. The van der Waals surface area contributed by atoms with Crippen molar-refractivity contribution in [2.24, 2.45) is 0 Å². The first-order valence-electron chi connectivity index (χ1n) is 8.73. The number of sulfonamides is 1. The zero-order valence-electron chi connectivity index (χ0n) is 15.4. The number of hydrogen-bond acceptors (Lipinski definition) is 5. The van der Waals surface area contributed by atoms with Crippen LogP contribution in [-0.4, -0.2) is 50.7 Å². The van der Waals surface area contributed by atoms with E-state index in [4.69, 9.17) is 16.3 Å². The highest BCUT2D eigenvalue weighted by Gasteiger charge is 2.28. The Kier molecular flexibility index (Phi) is 7.00. The molecule has 0 spiro atoms. The summed E-state index contributed by atoms with van der Waals surface area (Å²) >= 11 is 7.42. The van der Waals surface area contributed by atoms with Crippen LogP contribution in [0.15, 0.2) is 52.3 Å². The van der Waals surface area contributed by atoms with Gasteiger partial charge in [0.15, 0.2) is 0 Å². The molecular formula is C19H21ClN2O4S2. The van der Waals surface area contributed by atoms with Gasteiger partial charge in [-0.1, -0.05) is 29.8 Å². The molecule has 1 N–H and O–H groups in total. The molecule has 0 aliphatic carbocycles. The number of aryl methyl sites for hydroxylation is 1. The number of nitrogens with one attached hydrogen (secondary N) is 1. The van der Waals surface area contributed by atoms with Crippen molar-refractivity contribution in [1.29, 1.82) is 0 Å². The summed E-state index contributed by atoms with van der Waals surface area (Å²) in [5, 5.41) is 3.36. The Bertz CT molecular complexity index is 960. The molecule has 150 valence electrons. The summed E-state index contributed by atoms with van der Waals surface area (Å²) in [4.78, 5) is 13.3. The fraction of sp³-hybridized carbons (Fsp3) is 0.316. The van der Waals surface area contributed by atoms with E-state index in [-0.39, 0.29) is 16.6 Å². The maximum Gasteiger partial charge on any atom is 0.243 e. The van der Waals surface area contributed by atoms with Gasteiger partial charge in [0.05, 0.1) is 28.9 Å². The molecule has 6 nitrogen and oxygen atoms in total. The second kappa shape index (κ2) is 9.28.